The van der Waals surface area contributed by atoms with Gasteiger partial charge in [-0.25, -0.2) is 16.3 Å². The molecule has 0 rings (SSSR count). The zero-order valence-corrected chi connectivity index (χ0v) is 21.5. The Morgan fingerprint density at radius 1 is 0.914 bits per heavy atom. The lowest BCUT2D eigenvalue weighted by atomic mass is 9.98. The Hall–Kier alpha value is -2.08. The van der Waals surface area contributed by atoms with Gasteiger partial charge in [-0.05, 0) is 12.8 Å². The molecule has 16 heteroatoms. The number of Topliss-reactive ketones (excluding diaryl/α,β-unsaturated/α-hetero) is 2. The molecular formula is C19H35N7O7S2. The Morgan fingerprint density at radius 2 is 1.49 bits per heavy atom. The molecule has 0 aromatic rings. The molecule has 0 saturated heterocycles. The number of nitrogens with two attached hydrogens (primary N) is 2. The summed E-state index contributed by atoms with van der Waals surface area (Å²) in [4.78, 5) is 73.0. The van der Waals surface area contributed by atoms with Crippen LogP contribution in [-0.2, 0) is 28.8 Å². The molecule has 0 spiro atoms. The van der Waals surface area contributed by atoms with Crippen LogP contribution in [0.3, 0.4) is 0 Å². The first-order valence-electron chi connectivity index (χ1n) is 10.7. The fourth-order valence-corrected chi connectivity index (χ4v) is 3.13. The average Bonchev–Trinajstić information content (AvgIpc) is 2.80. The summed E-state index contributed by atoms with van der Waals surface area (Å²) in [7, 11) is 0. The number of hydrazine groups is 2. The molecule has 0 saturated carbocycles. The SMILES string of the molecule is CC[C@H](C)[C@H](NNC(CO)C(=O)S)C(=O)N[C@@H](C)C(=O)NC(CC(N)=O)C(=O)C(=O)[C@H](CS)NN. The molecule has 0 aliphatic carbocycles. The summed E-state index contributed by atoms with van der Waals surface area (Å²) in [6.07, 6.45) is -0.104. The largest absolute Gasteiger partial charge is 0.394 e. The fourth-order valence-electron chi connectivity index (χ4n) is 2.71. The zero-order valence-electron chi connectivity index (χ0n) is 19.7. The predicted molar refractivity (Wildman–Crippen MR) is 133 cm³/mol. The topological polar surface area (TPSA) is 235 Å². The van der Waals surface area contributed by atoms with Crippen LogP contribution in [0.15, 0.2) is 0 Å². The van der Waals surface area contributed by atoms with Crippen molar-refractivity contribution in [2.45, 2.75) is 63.8 Å². The Balaban J connectivity index is 5.41. The molecule has 0 aromatic heterocycles. The number of carbonyl (C=O) groups excluding carboxylic acids is 6. The summed E-state index contributed by atoms with van der Waals surface area (Å²) in [5.74, 6) is 0.289. The highest BCUT2D eigenvalue weighted by Gasteiger charge is 2.34. The van der Waals surface area contributed by atoms with Crippen molar-refractivity contribution in [1.29, 1.82) is 0 Å². The van der Waals surface area contributed by atoms with E-state index in [4.69, 9.17) is 11.6 Å². The van der Waals surface area contributed by atoms with Crippen molar-refractivity contribution in [3.05, 3.63) is 0 Å². The number of rotatable bonds is 18. The van der Waals surface area contributed by atoms with E-state index in [-0.39, 0.29) is 11.7 Å². The van der Waals surface area contributed by atoms with E-state index >= 15 is 0 Å². The third kappa shape index (κ3) is 11.0. The van der Waals surface area contributed by atoms with Crippen LogP contribution < -0.4 is 38.5 Å². The van der Waals surface area contributed by atoms with Crippen molar-refractivity contribution >= 4 is 59.7 Å². The molecule has 0 bridgehead atoms. The number of hydrogen-bond donors (Lipinski definition) is 10. The molecule has 0 aromatic carbocycles. The van der Waals surface area contributed by atoms with Crippen LogP contribution in [0.4, 0.5) is 0 Å². The lowest BCUT2D eigenvalue weighted by molar-refractivity contribution is -0.140. The minimum Gasteiger partial charge on any atom is -0.394 e. The molecule has 200 valence electrons. The van der Waals surface area contributed by atoms with E-state index in [0.29, 0.717) is 6.42 Å². The summed E-state index contributed by atoms with van der Waals surface area (Å²) < 4.78 is 0. The van der Waals surface area contributed by atoms with Gasteiger partial charge >= 0.3 is 0 Å². The standard InChI is InChI=1S/C19H35N7O7S2/c1-4-8(2)14(26-25-11(6-27)19(33)35)18(32)22-9(3)17(31)23-10(5-13(20)28)15(29)16(30)12(7-34)24-21/h8-12,14,24-27,34H,4-7,21H2,1-3H3,(H2,20,28)(H,22,32)(H,23,31)(H,33,35)/t8-,9-,10?,11?,12-,14-/m0/s1. The highest BCUT2D eigenvalue weighted by Crippen LogP contribution is 2.08. The fraction of sp³-hybridized carbons (Fsp3) is 0.684. The van der Waals surface area contributed by atoms with E-state index in [2.05, 4.69) is 52.2 Å². The molecule has 2 unspecified atom stereocenters. The Labute approximate surface area is 214 Å². The lowest BCUT2D eigenvalue weighted by Gasteiger charge is -2.27. The number of hydrogen-bond acceptors (Lipinski definition) is 12. The maximum Gasteiger partial charge on any atom is 0.242 e. The second kappa shape index (κ2) is 16.6. The molecular weight excluding hydrogens is 502 g/mol. The first-order valence-corrected chi connectivity index (χ1v) is 11.8. The summed E-state index contributed by atoms with van der Waals surface area (Å²) >= 11 is 7.55. The van der Waals surface area contributed by atoms with E-state index < -0.39 is 77.6 Å². The van der Waals surface area contributed by atoms with Gasteiger partial charge in [-0.3, -0.25) is 34.6 Å². The molecule has 14 nitrogen and oxygen atoms in total. The van der Waals surface area contributed by atoms with Crippen molar-refractivity contribution in [3.63, 3.8) is 0 Å². The monoisotopic (exact) mass is 537 g/mol. The van der Waals surface area contributed by atoms with Crippen LogP contribution in [0.1, 0.15) is 33.6 Å². The third-order valence-electron chi connectivity index (χ3n) is 5.12. The van der Waals surface area contributed by atoms with Crippen molar-refractivity contribution in [3.8, 4) is 0 Å². The zero-order chi connectivity index (χ0) is 27.3. The van der Waals surface area contributed by atoms with Gasteiger partial charge < -0.3 is 21.5 Å². The van der Waals surface area contributed by atoms with Crippen LogP contribution in [-0.4, -0.2) is 82.1 Å². The van der Waals surface area contributed by atoms with Gasteiger partial charge in [0.05, 0.1) is 19.1 Å². The number of ketones is 2. The smallest absolute Gasteiger partial charge is 0.242 e. The van der Waals surface area contributed by atoms with E-state index in [1.807, 2.05) is 6.92 Å². The maximum atomic E-state index is 12.8. The lowest BCUT2D eigenvalue weighted by Crippen LogP contribution is -2.60. The molecule has 0 radical (unpaired) electrons. The quantitative estimate of drug-likeness (QED) is 0.0351. The van der Waals surface area contributed by atoms with Crippen LogP contribution in [0, 0.1) is 5.92 Å². The summed E-state index contributed by atoms with van der Waals surface area (Å²) in [5, 5.41) is 13.3. The molecule has 0 aliphatic rings. The van der Waals surface area contributed by atoms with Gasteiger partial charge in [0.15, 0.2) is 0 Å². The van der Waals surface area contributed by atoms with Gasteiger partial charge in [0.25, 0.3) is 0 Å². The maximum absolute atomic E-state index is 12.8. The first-order chi connectivity index (χ1) is 16.3. The number of aliphatic hydroxyl groups excluding tert-OH is 1. The molecule has 0 aliphatic heterocycles. The van der Waals surface area contributed by atoms with Crippen molar-refractivity contribution in [1.82, 2.24) is 26.9 Å². The Bertz CT molecular complexity index is 783. The number of nitrogens with one attached hydrogen (secondary N) is 5. The van der Waals surface area contributed by atoms with Crippen LogP contribution in [0.25, 0.3) is 0 Å². The number of amides is 3. The van der Waals surface area contributed by atoms with E-state index in [9.17, 15) is 33.9 Å². The van der Waals surface area contributed by atoms with Gasteiger partial charge in [0.1, 0.15) is 24.2 Å². The van der Waals surface area contributed by atoms with Crippen molar-refractivity contribution in [2.24, 2.45) is 17.5 Å². The van der Waals surface area contributed by atoms with Gasteiger partial charge in [-0.15, -0.1) is 12.6 Å². The Kier molecular flexibility index (Phi) is 15.6. The number of carbonyl (C=O) groups is 6. The summed E-state index contributed by atoms with van der Waals surface area (Å²) in [6, 6.07) is -5.90. The van der Waals surface area contributed by atoms with Crippen LogP contribution in [0.5, 0.6) is 0 Å². The van der Waals surface area contributed by atoms with Crippen molar-refractivity contribution in [2.75, 3.05) is 12.4 Å². The third-order valence-corrected chi connectivity index (χ3v) is 5.80. The molecule has 10 N–H and O–H groups in total. The van der Waals surface area contributed by atoms with Gasteiger partial charge in [0, 0.05) is 5.75 Å². The summed E-state index contributed by atoms with van der Waals surface area (Å²) in [6.45, 7) is 4.33. The van der Waals surface area contributed by atoms with E-state index in [1.54, 1.807) is 6.92 Å². The molecule has 3 amide bonds. The first kappa shape index (κ1) is 32.9. The van der Waals surface area contributed by atoms with Gasteiger partial charge in [-0.1, -0.05) is 20.3 Å². The highest BCUT2D eigenvalue weighted by molar-refractivity contribution is 7.96. The second-order valence-corrected chi connectivity index (χ2v) is 8.62. The van der Waals surface area contributed by atoms with Crippen LogP contribution >= 0.6 is 25.3 Å². The minimum absolute atomic E-state index is 0.112. The van der Waals surface area contributed by atoms with Gasteiger partial charge in [-0.2, -0.15) is 12.6 Å². The highest BCUT2D eigenvalue weighted by atomic mass is 32.1. The molecule has 35 heavy (non-hydrogen) atoms. The molecule has 6 atom stereocenters. The van der Waals surface area contributed by atoms with Crippen molar-refractivity contribution < 1.29 is 33.9 Å². The molecule has 0 fully saturated rings. The van der Waals surface area contributed by atoms with Crippen LogP contribution in [0.2, 0.25) is 0 Å². The predicted octanol–water partition coefficient (Wildman–Crippen LogP) is -3.92. The normalized spacial score (nSPS) is 16.2. The second-order valence-electron chi connectivity index (χ2n) is 7.82. The number of primary amides is 1. The summed E-state index contributed by atoms with van der Waals surface area (Å²) in [5.41, 5.74) is 12.4. The average molecular weight is 538 g/mol. The van der Waals surface area contributed by atoms with E-state index in [1.165, 1.54) is 6.92 Å². The number of aliphatic hydroxyl groups is 1. The minimum atomic E-state index is -1.57. The Morgan fingerprint density at radius 3 is 1.91 bits per heavy atom. The molecule has 0 heterocycles. The van der Waals surface area contributed by atoms with Gasteiger partial charge in [0.2, 0.25) is 34.4 Å². The number of thiol groups is 2. The van der Waals surface area contributed by atoms with E-state index in [0.717, 1.165) is 0 Å².